The number of hydrogen-bond acceptors (Lipinski definition) is 7. The molecule has 0 saturated carbocycles. The summed E-state index contributed by atoms with van der Waals surface area (Å²) in [4.78, 5) is 28.5. The number of Topliss-reactive ketones (excluding diaryl/α,β-unsaturated/α-hetero) is 1. The van der Waals surface area contributed by atoms with Gasteiger partial charge in [-0.25, -0.2) is 4.79 Å². The lowest BCUT2D eigenvalue weighted by Crippen LogP contribution is -2.17. The van der Waals surface area contributed by atoms with Gasteiger partial charge in [0.1, 0.15) is 11.5 Å². The molecule has 142 valence electrons. The zero-order chi connectivity index (χ0) is 19.6. The van der Waals surface area contributed by atoms with Gasteiger partial charge in [0.25, 0.3) is 0 Å². The predicted molar refractivity (Wildman–Crippen MR) is 99.8 cm³/mol. The van der Waals surface area contributed by atoms with E-state index in [9.17, 15) is 9.59 Å². The quantitative estimate of drug-likeness (QED) is 0.282. The maximum atomic E-state index is 12.0. The number of benzene rings is 2. The van der Waals surface area contributed by atoms with Gasteiger partial charge in [0.2, 0.25) is 6.61 Å². The molecule has 7 nitrogen and oxygen atoms in total. The fourth-order valence-corrected chi connectivity index (χ4v) is 2.25. The minimum Gasteiger partial charge on any atom is -0.497 e. The first-order chi connectivity index (χ1) is 13.0. The van der Waals surface area contributed by atoms with E-state index in [1.807, 2.05) is 0 Å². The lowest BCUT2D eigenvalue weighted by atomic mass is 10.1. The summed E-state index contributed by atoms with van der Waals surface area (Å²) in [6.07, 6.45) is 1.44. The number of hydrogen-bond donors (Lipinski definition) is 0. The van der Waals surface area contributed by atoms with Crippen LogP contribution >= 0.6 is 11.6 Å². The molecule has 0 bridgehead atoms. The Bertz CT molecular complexity index is 819. The number of ether oxygens (including phenoxy) is 3. The van der Waals surface area contributed by atoms with Crippen molar-refractivity contribution in [1.29, 1.82) is 0 Å². The number of ketones is 1. The van der Waals surface area contributed by atoms with E-state index in [1.165, 1.54) is 25.5 Å². The van der Waals surface area contributed by atoms with Crippen molar-refractivity contribution >= 4 is 29.6 Å². The van der Waals surface area contributed by atoms with Crippen molar-refractivity contribution < 1.29 is 28.6 Å². The van der Waals surface area contributed by atoms with Gasteiger partial charge in [0.15, 0.2) is 12.4 Å². The van der Waals surface area contributed by atoms with Crippen LogP contribution in [-0.4, -0.2) is 45.4 Å². The fraction of sp³-hybridized carbons (Fsp3) is 0.211. The molecule has 2 aromatic rings. The summed E-state index contributed by atoms with van der Waals surface area (Å²) in [5, 5.41) is 3.97. The highest BCUT2D eigenvalue weighted by atomic mass is 35.5. The highest BCUT2D eigenvalue weighted by molar-refractivity contribution is 6.32. The second-order valence-corrected chi connectivity index (χ2v) is 5.62. The average molecular weight is 392 g/mol. The van der Waals surface area contributed by atoms with Gasteiger partial charge < -0.3 is 19.0 Å². The Hall–Kier alpha value is -3.06. The number of oxime groups is 1. The van der Waals surface area contributed by atoms with Gasteiger partial charge in [-0.05, 0) is 48.0 Å². The highest BCUT2D eigenvalue weighted by Crippen LogP contribution is 2.25. The molecule has 2 aromatic carbocycles. The Morgan fingerprint density at radius 2 is 1.78 bits per heavy atom. The van der Waals surface area contributed by atoms with Crippen LogP contribution in [0.4, 0.5) is 0 Å². The molecule has 0 N–H and O–H groups in total. The first-order valence-corrected chi connectivity index (χ1v) is 8.23. The maximum Gasteiger partial charge on any atom is 0.347 e. The summed E-state index contributed by atoms with van der Waals surface area (Å²) in [6, 6.07) is 11.7. The molecule has 2 rings (SSSR count). The van der Waals surface area contributed by atoms with Crippen LogP contribution in [0, 0.1) is 0 Å². The number of esters is 1. The van der Waals surface area contributed by atoms with Crippen molar-refractivity contribution in [3.63, 3.8) is 0 Å². The van der Waals surface area contributed by atoms with E-state index in [-0.39, 0.29) is 0 Å². The Labute approximate surface area is 161 Å². The van der Waals surface area contributed by atoms with Crippen LogP contribution in [0.2, 0.25) is 5.02 Å². The molecule has 0 amide bonds. The van der Waals surface area contributed by atoms with Gasteiger partial charge in [-0.3, -0.25) is 4.79 Å². The zero-order valence-electron chi connectivity index (χ0n) is 14.8. The van der Waals surface area contributed by atoms with E-state index in [0.717, 1.165) is 11.3 Å². The van der Waals surface area contributed by atoms with Gasteiger partial charge in [0.05, 0.1) is 25.5 Å². The topological polar surface area (TPSA) is 83.4 Å². The highest BCUT2D eigenvalue weighted by Gasteiger charge is 2.12. The summed E-state index contributed by atoms with van der Waals surface area (Å²) < 4.78 is 14.9. The molecule has 0 aliphatic heterocycles. The van der Waals surface area contributed by atoms with Crippen LogP contribution in [0.25, 0.3) is 0 Å². The minimum atomic E-state index is -0.713. The number of rotatable bonds is 9. The van der Waals surface area contributed by atoms with Crippen LogP contribution < -0.4 is 9.47 Å². The van der Waals surface area contributed by atoms with E-state index < -0.39 is 25.0 Å². The molecule has 0 aromatic heterocycles. The average Bonchev–Trinajstić information content (AvgIpc) is 2.69. The normalized spacial score (nSPS) is 10.5. The third-order valence-corrected chi connectivity index (χ3v) is 3.71. The molecule has 0 heterocycles. The summed E-state index contributed by atoms with van der Waals surface area (Å²) in [7, 11) is 3.05. The van der Waals surface area contributed by atoms with E-state index in [4.69, 9.17) is 30.6 Å². The third kappa shape index (κ3) is 6.31. The van der Waals surface area contributed by atoms with Gasteiger partial charge in [0, 0.05) is 5.56 Å². The number of carbonyl (C=O) groups is 2. The van der Waals surface area contributed by atoms with Crippen molar-refractivity contribution in [2.45, 2.75) is 0 Å². The van der Waals surface area contributed by atoms with E-state index in [2.05, 4.69) is 5.16 Å². The van der Waals surface area contributed by atoms with Crippen LogP contribution in [0.3, 0.4) is 0 Å². The lowest BCUT2D eigenvalue weighted by molar-refractivity contribution is -0.147. The standard InChI is InChI=1S/C19H18ClNO6/c1-24-15-6-3-13(4-7-15)10-21-27-12-19(23)26-11-17(22)14-5-8-18(25-2)16(20)9-14/h3-10H,11-12H2,1-2H3/b21-10-. The van der Waals surface area contributed by atoms with Crippen molar-refractivity contribution in [3.8, 4) is 11.5 Å². The zero-order valence-corrected chi connectivity index (χ0v) is 15.6. The molecule has 0 aliphatic carbocycles. The van der Waals surface area contributed by atoms with Gasteiger partial charge in [-0.15, -0.1) is 0 Å². The van der Waals surface area contributed by atoms with Crippen LogP contribution in [0.5, 0.6) is 11.5 Å². The fourth-order valence-electron chi connectivity index (χ4n) is 1.99. The Morgan fingerprint density at radius 1 is 1.04 bits per heavy atom. The Kier molecular flexibility index (Phi) is 7.63. The molecule has 0 radical (unpaired) electrons. The van der Waals surface area contributed by atoms with Gasteiger partial charge in [-0.2, -0.15) is 0 Å². The Balaban J connectivity index is 1.74. The number of methoxy groups -OCH3 is 2. The molecule has 0 spiro atoms. The second-order valence-electron chi connectivity index (χ2n) is 5.21. The van der Waals surface area contributed by atoms with Gasteiger partial charge in [-0.1, -0.05) is 16.8 Å². The summed E-state index contributed by atoms with van der Waals surface area (Å²) in [5.41, 5.74) is 1.09. The lowest BCUT2D eigenvalue weighted by Gasteiger charge is -2.06. The van der Waals surface area contributed by atoms with E-state index >= 15 is 0 Å². The third-order valence-electron chi connectivity index (χ3n) is 3.41. The number of halogens is 1. The number of carbonyl (C=O) groups excluding carboxylic acids is 2. The van der Waals surface area contributed by atoms with Crippen LogP contribution in [-0.2, 0) is 14.4 Å². The van der Waals surface area contributed by atoms with Crippen molar-refractivity contribution in [2.24, 2.45) is 5.16 Å². The summed E-state index contributed by atoms with van der Waals surface area (Å²) in [6.45, 7) is -0.837. The van der Waals surface area contributed by atoms with Crippen LogP contribution in [0.1, 0.15) is 15.9 Å². The minimum absolute atomic E-state index is 0.297. The molecule has 0 saturated heterocycles. The second kappa shape index (κ2) is 10.2. The first kappa shape index (κ1) is 20.3. The van der Waals surface area contributed by atoms with E-state index in [1.54, 1.807) is 37.4 Å². The molecule has 0 unspecified atom stereocenters. The smallest absolute Gasteiger partial charge is 0.347 e. The summed E-state index contributed by atoms with van der Waals surface area (Å²) in [5.74, 6) is 0.0669. The van der Waals surface area contributed by atoms with Gasteiger partial charge >= 0.3 is 5.97 Å². The van der Waals surface area contributed by atoms with E-state index in [0.29, 0.717) is 16.3 Å². The number of nitrogens with zero attached hydrogens (tertiary/aromatic N) is 1. The van der Waals surface area contributed by atoms with Crippen molar-refractivity contribution in [3.05, 3.63) is 58.6 Å². The Morgan fingerprint density at radius 3 is 2.41 bits per heavy atom. The molecular weight excluding hydrogens is 374 g/mol. The molecular formula is C19H18ClNO6. The SMILES string of the molecule is COc1ccc(/C=N\OCC(=O)OCC(=O)c2ccc(OC)c(Cl)c2)cc1. The first-order valence-electron chi connectivity index (χ1n) is 7.85. The predicted octanol–water partition coefficient (Wildman–Crippen LogP) is 3.13. The molecule has 8 heteroatoms. The largest absolute Gasteiger partial charge is 0.497 e. The monoisotopic (exact) mass is 391 g/mol. The summed E-state index contributed by atoms with van der Waals surface area (Å²) >= 11 is 5.96. The maximum absolute atomic E-state index is 12.0. The molecule has 0 atom stereocenters. The molecule has 0 fully saturated rings. The molecule has 0 aliphatic rings. The van der Waals surface area contributed by atoms with Crippen LogP contribution in [0.15, 0.2) is 47.6 Å². The molecule has 27 heavy (non-hydrogen) atoms. The van der Waals surface area contributed by atoms with Crippen molar-refractivity contribution in [1.82, 2.24) is 0 Å². The van der Waals surface area contributed by atoms with Crippen molar-refractivity contribution in [2.75, 3.05) is 27.4 Å².